The number of nitrogens with two attached hydrogens (primary N) is 1. The molecule has 1 aliphatic heterocycles. The van der Waals surface area contributed by atoms with Gasteiger partial charge in [-0.2, -0.15) is 0 Å². The average molecular weight is 347 g/mol. The Morgan fingerprint density at radius 1 is 1.33 bits per heavy atom. The van der Waals surface area contributed by atoms with Crippen molar-refractivity contribution < 1.29 is 5.11 Å². The Kier molecular flexibility index (Phi) is 4.82. The predicted octanol–water partition coefficient (Wildman–Crippen LogP) is 1.95. The lowest BCUT2D eigenvalue weighted by Gasteiger charge is -2.25. The third kappa shape index (κ3) is 3.42. The molecule has 1 saturated heterocycles. The normalized spacial score (nSPS) is 15.2. The highest BCUT2D eigenvalue weighted by Crippen LogP contribution is 2.35. The van der Waals surface area contributed by atoms with Crippen LogP contribution in [0, 0.1) is 5.41 Å². The number of rotatable bonds is 4. The quantitative estimate of drug-likeness (QED) is 0.426. The number of amidine groups is 1. The molecule has 8 heteroatoms. The third-order valence-corrected chi connectivity index (χ3v) is 4.32. The van der Waals surface area contributed by atoms with Gasteiger partial charge in [0.25, 0.3) is 0 Å². The van der Waals surface area contributed by atoms with E-state index in [1.165, 1.54) is 0 Å². The number of nitrogens with one attached hydrogen (secondary N) is 3. The number of nitrogens with zero attached hydrogens (tertiary/aromatic N) is 2. The molecule has 1 aromatic heterocycles. The van der Waals surface area contributed by atoms with Crippen LogP contribution in [-0.2, 0) is 0 Å². The molecule has 0 radical (unpaired) electrons. The summed E-state index contributed by atoms with van der Waals surface area (Å²) in [5.74, 6) is -0.197. The molecule has 6 N–H and O–H groups in total. The molecule has 0 amide bonds. The van der Waals surface area contributed by atoms with Crippen molar-refractivity contribution in [3.8, 4) is 17.0 Å². The lowest BCUT2D eigenvalue weighted by molar-refractivity contribution is 0.477. The second-order valence-corrected chi connectivity index (χ2v) is 6.12. The molecule has 3 rings (SSSR count). The average Bonchev–Trinajstić information content (AvgIpc) is 2.58. The summed E-state index contributed by atoms with van der Waals surface area (Å²) >= 11 is 5.97. The lowest BCUT2D eigenvalue weighted by Crippen LogP contribution is -2.36. The number of benzene rings is 1. The zero-order chi connectivity index (χ0) is 17.1. The smallest absolute Gasteiger partial charge is 0.150 e. The number of piperidine rings is 1. The first kappa shape index (κ1) is 16.5. The first-order valence-electron chi connectivity index (χ1n) is 7.73. The third-order valence-electron chi connectivity index (χ3n) is 4.01. The van der Waals surface area contributed by atoms with Crippen molar-refractivity contribution in [2.75, 3.05) is 18.4 Å². The van der Waals surface area contributed by atoms with Crippen LogP contribution in [0.3, 0.4) is 0 Å². The van der Waals surface area contributed by atoms with E-state index < -0.39 is 0 Å². The van der Waals surface area contributed by atoms with E-state index in [0.717, 1.165) is 25.9 Å². The van der Waals surface area contributed by atoms with Crippen LogP contribution in [0.5, 0.6) is 5.75 Å². The fourth-order valence-corrected chi connectivity index (χ4v) is 2.92. The van der Waals surface area contributed by atoms with Gasteiger partial charge in [-0.3, -0.25) is 5.41 Å². The van der Waals surface area contributed by atoms with Gasteiger partial charge >= 0.3 is 0 Å². The summed E-state index contributed by atoms with van der Waals surface area (Å²) in [7, 11) is 0. The van der Waals surface area contributed by atoms with Gasteiger partial charge in [-0.15, -0.1) is 10.2 Å². The molecule has 2 aromatic rings. The van der Waals surface area contributed by atoms with Crippen molar-refractivity contribution in [3.63, 3.8) is 0 Å². The number of hydrogen-bond donors (Lipinski definition) is 5. The Hall–Kier alpha value is -2.38. The molecule has 0 aliphatic carbocycles. The Morgan fingerprint density at radius 3 is 2.79 bits per heavy atom. The van der Waals surface area contributed by atoms with Crippen molar-refractivity contribution in [3.05, 3.63) is 35.0 Å². The zero-order valence-electron chi connectivity index (χ0n) is 13.0. The van der Waals surface area contributed by atoms with Crippen LogP contribution >= 0.6 is 11.6 Å². The molecular weight excluding hydrogens is 328 g/mol. The standard InChI is InChI=1S/C16H19ClN6O/c17-11-3-1-2-10(15(11)24)12-8-13(14(16(18)19)23-22-12)21-9-4-6-20-7-5-9/h1-3,8-9,20,24H,4-7H2,(H3,18,19)(H,21,22). The minimum absolute atomic E-state index is 0.0446. The molecule has 0 saturated carbocycles. The number of para-hydroxylation sites is 1. The monoisotopic (exact) mass is 346 g/mol. The van der Waals surface area contributed by atoms with Crippen LogP contribution in [0.2, 0.25) is 5.02 Å². The Labute approximate surface area is 144 Å². The van der Waals surface area contributed by atoms with E-state index in [4.69, 9.17) is 22.7 Å². The van der Waals surface area contributed by atoms with Crippen molar-refractivity contribution in [2.24, 2.45) is 5.73 Å². The summed E-state index contributed by atoms with van der Waals surface area (Å²) in [6, 6.07) is 7.07. The highest BCUT2D eigenvalue weighted by atomic mass is 35.5. The summed E-state index contributed by atoms with van der Waals surface area (Å²) in [6.07, 6.45) is 1.94. The van der Waals surface area contributed by atoms with E-state index in [1.54, 1.807) is 24.3 Å². The molecule has 2 heterocycles. The number of anilines is 1. The largest absolute Gasteiger partial charge is 0.506 e. The van der Waals surface area contributed by atoms with E-state index >= 15 is 0 Å². The molecule has 0 spiro atoms. The zero-order valence-corrected chi connectivity index (χ0v) is 13.8. The lowest BCUT2D eigenvalue weighted by atomic mass is 10.1. The second kappa shape index (κ2) is 7.02. The minimum Gasteiger partial charge on any atom is -0.506 e. The molecule has 0 bridgehead atoms. The van der Waals surface area contributed by atoms with E-state index in [1.807, 2.05) is 0 Å². The number of aromatic hydroxyl groups is 1. The SMILES string of the molecule is N=C(N)c1nnc(-c2cccc(Cl)c2O)cc1NC1CCNCC1. The number of aromatic nitrogens is 2. The van der Waals surface area contributed by atoms with Crippen LogP contribution in [-0.4, -0.2) is 40.3 Å². The molecule has 1 aromatic carbocycles. The summed E-state index contributed by atoms with van der Waals surface area (Å²) in [5, 5.41) is 32.9. The first-order chi connectivity index (χ1) is 11.6. The van der Waals surface area contributed by atoms with Crippen molar-refractivity contribution in [1.82, 2.24) is 15.5 Å². The fraction of sp³-hybridized carbons (Fsp3) is 0.312. The number of nitrogen functional groups attached to an aromatic ring is 1. The number of phenols is 1. The number of phenolic OH excluding ortho intramolecular Hbond substituents is 1. The second-order valence-electron chi connectivity index (χ2n) is 5.71. The summed E-state index contributed by atoms with van der Waals surface area (Å²) in [4.78, 5) is 0. The molecule has 1 aliphatic rings. The van der Waals surface area contributed by atoms with Crippen molar-refractivity contribution in [2.45, 2.75) is 18.9 Å². The maximum absolute atomic E-state index is 10.1. The topological polar surface area (TPSA) is 120 Å². The van der Waals surface area contributed by atoms with Gasteiger partial charge in [0.1, 0.15) is 11.6 Å². The van der Waals surface area contributed by atoms with Crippen LogP contribution in [0.15, 0.2) is 24.3 Å². The van der Waals surface area contributed by atoms with E-state index in [-0.39, 0.29) is 22.6 Å². The van der Waals surface area contributed by atoms with Gasteiger partial charge in [0, 0.05) is 11.6 Å². The van der Waals surface area contributed by atoms with Gasteiger partial charge in [0.2, 0.25) is 0 Å². The Morgan fingerprint density at radius 2 is 2.08 bits per heavy atom. The molecule has 0 unspecified atom stereocenters. The van der Waals surface area contributed by atoms with Gasteiger partial charge in [-0.25, -0.2) is 0 Å². The highest BCUT2D eigenvalue weighted by Gasteiger charge is 2.18. The van der Waals surface area contributed by atoms with E-state index in [0.29, 0.717) is 22.6 Å². The molecule has 7 nitrogen and oxygen atoms in total. The Balaban J connectivity index is 1.98. The van der Waals surface area contributed by atoms with Crippen LogP contribution < -0.4 is 16.4 Å². The highest BCUT2D eigenvalue weighted by molar-refractivity contribution is 6.32. The van der Waals surface area contributed by atoms with Gasteiger partial charge in [0.15, 0.2) is 5.69 Å². The first-order valence-corrected chi connectivity index (χ1v) is 8.11. The van der Waals surface area contributed by atoms with E-state index in [9.17, 15) is 5.11 Å². The summed E-state index contributed by atoms with van der Waals surface area (Å²) < 4.78 is 0. The molecule has 0 atom stereocenters. The summed E-state index contributed by atoms with van der Waals surface area (Å²) in [5.41, 5.74) is 7.52. The molecule has 126 valence electrons. The van der Waals surface area contributed by atoms with E-state index in [2.05, 4.69) is 20.8 Å². The van der Waals surface area contributed by atoms with Gasteiger partial charge in [0.05, 0.1) is 16.4 Å². The van der Waals surface area contributed by atoms with Crippen molar-refractivity contribution >= 4 is 23.1 Å². The fourth-order valence-electron chi connectivity index (χ4n) is 2.74. The predicted molar refractivity (Wildman–Crippen MR) is 94.7 cm³/mol. The Bertz CT molecular complexity index is 760. The van der Waals surface area contributed by atoms with Gasteiger partial charge < -0.3 is 21.5 Å². The van der Waals surface area contributed by atoms with Crippen LogP contribution in [0.4, 0.5) is 5.69 Å². The maximum Gasteiger partial charge on any atom is 0.150 e. The maximum atomic E-state index is 10.1. The number of hydrogen-bond acceptors (Lipinski definition) is 6. The van der Waals surface area contributed by atoms with Gasteiger partial charge in [-0.05, 0) is 44.1 Å². The number of halogens is 1. The molecule has 1 fully saturated rings. The van der Waals surface area contributed by atoms with Crippen LogP contribution in [0.1, 0.15) is 18.5 Å². The minimum atomic E-state index is -0.152. The van der Waals surface area contributed by atoms with Crippen molar-refractivity contribution in [1.29, 1.82) is 5.41 Å². The molecule has 24 heavy (non-hydrogen) atoms. The summed E-state index contributed by atoms with van der Waals surface area (Å²) in [6.45, 7) is 1.88. The van der Waals surface area contributed by atoms with Gasteiger partial charge in [-0.1, -0.05) is 17.7 Å². The van der Waals surface area contributed by atoms with Crippen LogP contribution in [0.25, 0.3) is 11.3 Å². The molecular formula is C16H19ClN6O.